The van der Waals surface area contributed by atoms with Crippen molar-refractivity contribution in [3.05, 3.63) is 29.8 Å². The first-order valence-corrected chi connectivity index (χ1v) is 9.11. The third kappa shape index (κ3) is 7.00. The summed E-state index contributed by atoms with van der Waals surface area (Å²) in [5.74, 6) is 0.285. The van der Waals surface area contributed by atoms with E-state index in [2.05, 4.69) is 0 Å². The molecule has 0 heterocycles. The van der Waals surface area contributed by atoms with Gasteiger partial charge in [-0.15, -0.1) is 0 Å². The summed E-state index contributed by atoms with van der Waals surface area (Å²) in [6, 6.07) is 6.64. The Morgan fingerprint density at radius 2 is 1.74 bits per heavy atom. The van der Waals surface area contributed by atoms with E-state index in [-0.39, 0.29) is 11.7 Å². The minimum Gasteiger partial charge on any atom is -0.383 e. The number of nitrogens with zero attached hydrogens (tertiary/aromatic N) is 1. The van der Waals surface area contributed by atoms with Crippen molar-refractivity contribution in [2.75, 3.05) is 26.5 Å². The quantitative estimate of drug-likeness (QED) is 0.709. The van der Waals surface area contributed by atoms with E-state index in [0.717, 1.165) is 11.8 Å². The molecular formula is C16H25NO5S. The maximum atomic E-state index is 12.5. The first-order chi connectivity index (χ1) is 10.5. The molecule has 0 aliphatic heterocycles. The molecule has 0 saturated carbocycles. The van der Waals surface area contributed by atoms with Crippen LogP contribution in [0.5, 0.6) is 5.75 Å². The fourth-order valence-corrected chi connectivity index (χ4v) is 2.43. The molecule has 0 aliphatic carbocycles. The Bertz CT molecular complexity index is 617. The summed E-state index contributed by atoms with van der Waals surface area (Å²) in [6.45, 7) is 7.00. The van der Waals surface area contributed by atoms with Crippen molar-refractivity contribution in [1.29, 1.82) is 0 Å². The Kier molecular flexibility index (Phi) is 6.58. The van der Waals surface area contributed by atoms with E-state index in [1.54, 1.807) is 36.3 Å². The van der Waals surface area contributed by atoms with Crippen LogP contribution in [0.3, 0.4) is 0 Å². The number of benzene rings is 1. The molecule has 1 aromatic rings. The molecule has 23 heavy (non-hydrogen) atoms. The van der Waals surface area contributed by atoms with Gasteiger partial charge < -0.3 is 13.8 Å². The fraction of sp³-hybridized carbons (Fsp3) is 0.562. The molecule has 0 aromatic heterocycles. The molecule has 7 heteroatoms. The largest absolute Gasteiger partial charge is 0.383 e. The lowest BCUT2D eigenvalue weighted by Gasteiger charge is -2.29. The molecule has 0 spiro atoms. The number of hydrogen-bond acceptors (Lipinski definition) is 5. The van der Waals surface area contributed by atoms with Crippen molar-refractivity contribution < 1.29 is 22.1 Å². The molecule has 0 unspecified atom stereocenters. The van der Waals surface area contributed by atoms with E-state index in [0.29, 0.717) is 19.7 Å². The summed E-state index contributed by atoms with van der Waals surface area (Å²) >= 11 is 0. The Morgan fingerprint density at radius 1 is 1.17 bits per heavy atom. The number of methoxy groups -OCH3 is 1. The molecule has 130 valence electrons. The lowest BCUT2D eigenvalue weighted by molar-refractivity contribution is -0.140. The van der Waals surface area contributed by atoms with Gasteiger partial charge in [-0.25, -0.2) is 0 Å². The number of hydrogen-bond donors (Lipinski definition) is 0. The highest BCUT2D eigenvalue weighted by molar-refractivity contribution is 7.86. The third-order valence-corrected chi connectivity index (χ3v) is 3.53. The van der Waals surface area contributed by atoms with Crippen LogP contribution in [-0.2, 0) is 26.2 Å². The normalized spacial score (nSPS) is 12.0. The predicted molar refractivity (Wildman–Crippen MR) is 88.7 cm³/mol. The average Bonchev–Trinajstić information content (AvgIpc) is 2.42. The topological polar surface area (TPSA) is 72.9 Å². The molecule has 0 aliphatic rings. The van der Waals surface area contributed by atoms with Crippen molar-refractivity contribution in [2.45, 2.75) is 27.3 Å². The average molecular weight is 343 g/mol. The Morgan fingerprint density at radius 3 is 2.17 bits per heavy atom. The molecule has 0 atom stereocenters. The van der Waals surface area contributed by atoms with Crippen LogP contribution in [0.15, 0.2) is 24.3 Å². The van der Waals surface area contributed by atoms with Crippen LogP contribution < -0.4 is 4.18 Å². The van der Waals surface area contributed by atoms with Crippen LogP contribution >= 0.6 is 0 Å². The van der Waals surface area contributed by atoms with Crippen molar-refractivity contribution in [3.8, 4) is 5.75 Å². The number of amides is 1. The van der Waals surface area contributed by atoms with Crippen LogP contribution in [0.2, 0.25) is 0 Å². The van der Waals surface area contributed by atoms with Gasteiger partial charge in [0.05, 0.1) is 12.9 Å². The lowest BCUT2D eigenvalue weighted by atomic mass is 9.94. The van der Waals surface area contributed by atoms with E-state index in [9.17, 15) is 13.2 Å². The molecule has 0 fully saturated rings. The van der Waals surface area contributed by atoms with Crippen LogP contribution in [-0.4, -0.2) is 45.7 Å². The highest BCUT2D eigenvalue weighted by Crippen LogP contribution is 2.20. The summed E-state index contributed by atoms with van der Waals surface area (Å²) in [5.41, 5.74) is 0.409. The lowest BCUT2D eigenvalue weighted by Crippen LogP contribution is -2.40. The highest BCUT2D eigenvalue weighted by atomic mass is 32.2. The van der Waals surface area contributed by atoms with Gasteiger partial charge >= 0.3 is 10.1 Å². The van der Waals surface area contributed by atoms with Gasteiger partial charge in [-0.3, -0.25) is 4.79 Å². The number of rotatable bonds is 7. The minimum atomic E-state index is -3.54. The number of carbonyl (C=O) groups is 1. The molecule has 0 bridgehead atoms. The SMILES string of the molecule is COCCN(Cc1ccc(OS(C)(=O)=O)cc1)C(=O)C(C)(C)C. The summed E-state index contributed by atoms with van der Waals surface area (Å²) in [5, 5.41) is 0. The standard InChI is InChI=1S/C16H25NO5S/c1-16(2,3)15(18)17(10-11-21-4)12-13-6-8-14(9-7-13)22-23(5,19)20/h6-9H,10-12H2,1-5H3. The van der Waals surface area contributed by atoms with Crippen molar-refractivity contribution in [2.24, 2.45) is 5.41 Å². The van der Waals surface area contributed by atoms with E-state index >= 15 is 0 Å². The monoisotopic (exact) mass is 343 g/mol. The second-order valence-corrected chi connectivity index (χ2v) is 7.98. The van der Waals surface area contributed by atoms with Gasteiger partial charge in [0.1, 0.15) is 5.75 Å². The zero-order chi connectivity index (χ0) is 17.7. The van der Waals surface area contributed by atoms with Gasteiger partial charge in [0.2, 0.25) is 5.91 Å². The second-order valence-electron chi connectivity index (χ2n) is 6.40. The second kappa shape index (κ2) is 7.79. The number of ether oxygens (including phenoxy) is 1. The van der Waals surface area contributed by atoms with Crippen LogP contribution in [0.25, 0.3) is 0 Å². The van der Waals surface area contributed by atoms with Crippen molar-refractivity contribution in [3.63, 3.8) is 0 Å². The molecular weight excluding hydrogens is 318 g/mol. The molecule has 0 saturated heterocycles. The summed E-state index contributed by atoms with van der Waals surface area (Å²) in [7, 11) is -1.94. The molecule has 6 nitrogen and oxygen atoms in total. The fourth-order valence-electron chi connectivity index (χ4n) is 1.97. The van der Waals surface area contributed by atoms with Crippen molar-refractivity contribution >= 4 is 16.0 Å². The maximum Gasteiger partial charge on any atom is 0.306 e. The van der Waals surface area contributed by atoms with Gasteiger partial charge in [-0.1, -0.05) is 32.9 Å². The van der Waals surface area contributed by atoms with Gasteiger partial charge in [0.25, 0.3) is 0 Å². The molecule has 1 rings (SSSR count). The van der Waals surface area contributed by atoms with Gasteiger partial charge in [0, 0.05) is 25.6 Å². The first kappa shape index (κ1) is 19.4. The van der Waals surface area contributed by atoms with Crippen LogP contribution in [0, 0.1) is 5.41 Å². The van der Waals surface area contributed by atoms with Gasteiger partial charge in [-0.2, -0.15) is 8.42 Å². The summed E-state index contributed by atoms with van der Waals surface area (Å²) in [4.78, 5) is 14.2. The molecule has 1 aromatic carbocycles. The third-order valence-electron chi connectivity index (χ3n) is 3.04. The highest BCUT2D eigenvalue weighted by Gasteiger charge is 2.27. The zero-order valence-corrected chi connectivity index (χ0v) is 15.1. The van der Waals surface area contributed by atoms with Crippen LogP contribution in [0.4, 0.5) is 0 Å². The first-order valence-electron chi connectivity index (χ1n) is 7.29. The minimum absolute atomic E-state index is 0.0333. The van der Waals surface area contributed by atoms with Gasteiger partial charge in [-0.05, 0) is 17.7 Å². The van der Waals surface area contributed by atoms with E-state index < -0.39 is 15.5 Å². The zero-order valence-electron chi connectivity index (χ0n) is 14.3. The van der Waals surface area contributed by atoms with E-state index in [4.69, 9.17) is 8.92 Å². The van der Waals surface area contributed by atoms with E-state index in [1.165, 1.54) is 0 Å². The van der Waals surface area contributed by atoms with E-state index in [1.807, 2.05) is 20.8 Å². The van der Waals surface area contributed by atoms with Gasteiger partial charge in [0.15, 0.2) is 0 Å². The molecule has 1 amide bonds. The maximum absolute atomic E-state index is 12.5. The molecule has 0 radical (unpaired) electrons. The molecule has 0 N–H and O–H groups in total. The predicted octanol–water partition coefficient (Wildman–Crippen LogP) is 2.05. The van der Waals surface area contributed by atoms with Crippen molar-refractivity contribution in [1.82, 2.24) is 4.90 Å². The Balaban J connectivity index is 2.85. The summed E-state index contributed by atoms with van der Waals surface area (Å²) in [6.07, 6.45) is 0.995. The van der Waals surface area contributed by atoms with Crippen LogP contribution in [0.1, 0.15) is 26.3 Å². The summed E-state index contributed by atoms with van der Waals surface area (Å²) < 4.78 is 32.1. The number of carbonyl (C=O) groups excluding carboxylic acids is 1. The smallest absolute Gasteiger partial charge is 0.306 e. The Hall–Kier alpha value is -1.60. The Labute approximate surface area is 138 Å².